The molecule has 3 heteroatoms. The summed E-state index contributed by atoms with van der Waals surface area (Å²) >= 11 is 0. The van der Waals surface area contributed by atoms with Crippen molar-refractivity contribution >= 4 is 5.91 Å². The highest BCUT2D eigenvalue weighted by Gasteiger charge is 2.51. The van der Waals surface area contributed by atoms with Crippen LogP contribution in [0.4, 0.5) is 0 Å². The zero-order valence-corrected chi connectivity index (χ0v) is 17.7. The van der Waals surface area contributed by atoms with E-state index in [0.717, 1.165) is 57.4 Å². The molecule has 2 atom stereocenters. The minimum absolute atomic E-state index is 0.152. The molecule has 5 aliphatic rings. The third kappa shape index (κ3) is 2.77. The first-order valence-corrected chi connectivity index (χ1v) is 11.1. The first kappa shape index (κ1) is 18.4. The fourth-order valence-electron chi connectivity index (χ4n) is 6.59. The van der Waals surface area contributed by atoms with Crippen LogP contribution < -0.4 is 0 Å². The molecule has 2 aliphatic heterocycles. The molecule has 2 fully saturated rings. The second-order valence-corrected chi connectivity index (χ2v) is 10.4. The molecule has 6 rings (SSSR count). The summed E-state index contributed by atoms with van der Waals surface area (Å²) in [5.74, 6) is 1.94. The van der Waals surface area contributed by atoms with E-state index in [2.05, 4.69) is 54.0 Å². The average Bonchev–Trinajstić information content (AvgIpc) is 2.70. The molecule has 28 heavy (non-hydrogen) atoms. The predicted molar refractivity (Wildman–Crippen MR) is 113 cm³/mol. The minimum atomic E-state index is 0.152. The van der Waals surface area contributed by atoms with Gasteiger partial charge in [0.05, 0.1) is 0 Å². The summed E-state index contributed by atoms with van der Waals surface area (Å²) in [6.07, 6.45) is 7.59. The third-order valence-electron chi connectivity index (χ3n) is 8.69. The van der Waals surface area contributed by atoms with Crippen LogP contribution >= 0.6 is 0 Å². The normalized spacial score (nSPS) is 30.4. The smallest absolute Gasteiger partial charge is 0.219 e. The number of hydrogen-bond donors (Lipinski definition) is 0. The van der Waals surface area contributed by atoms with Crippen molar-refractivity contribution < 1.29 is 4.79 Å². The number of nitrogens with zero attached hydrogens (tertiary/aromatic N) is 2. The van der Waals surface area contributed by atoms with Crippen molar-refractivity contribution in [2.45, 2.75) is 58.4 Å². The van der Waals surface area contributed by atoms with Gasteiger partial charge in [0.1, 0.15) is 0 Å². The zero-order chi connectivity index (χ0) is 19.5. The lowest BCUT2D eigenvalue weighted by Gasteiger charge is -2.57. The maximum Gasteiger partial charge on any atom is 0.219 e. The summed E-state index contributed by atoms with van der Waals surface area (Å²) in [5, 5.41) is 0. The zero-order valence-electron chi connectivity index (χ0n) is 17.7. The van der Waals surface area contributed by atoms with Crippen LogP contribution in [0.25, 0.3) is 0 Å². The molecule has 150 valence electrons. The molecule has 1 spiro atoms. The lowest BCUT2D eigenvalue weighted by Crippen LogP contribution is -2.54. The Morgan fingerprint density at radius 3 is 2.61 bits per heavy atom. The van der Waals surface area contributed by atoms with E-state index in [4.69, 9.17) is 0 Å². The second-order valence-electron chi connectivity index (χ2n) is 10.4. The van der Waals surface area contributed by atoms with Gasteiger partial charge in [0.2, 0.25) is 5.91 Å². The van der Waals surface area contributed by atoms with E-state index >= 15 is 0 Å². The topological polar surface area (TPSA) is 23.6 Å². The molecule has 1 saturated heterocycles. The van der Waals surface area contributed by atoms with Gasteiger partial charge in [-0.15, -0.1) is 0 Å². The van der Waals surface area contributed by atoms with E-state index < -0.39 is 0 Å². The van der Waals surface area contributed by atoms with Crippen LogP contribution in [0.15, 0.2) is 35.9 Å². The standard InChI is InChI=1S/C25H34N2O/c1-18(28)27-16-19-6-4-5-7-22(19)25(17-27)10-12-26(13-11-25)15-20-8-9-21-14-23(20)24(21,2)3/h4-8,21,23H,9-17H2,1-3H3/t21?,23-/m0/s1. The number of benzene rings is 1. The SMILES string of the molecule is CC(=O)N1Cc2ccccc2C2(CCN(CC3=CCC4C[C@@H]3C4(C)C)CC2)C1. The highest BCUT2D eigenvalue weighted by molar-refractivity contribution is 5.74. The molecule has 0 aromatic heterocycles. The first-order valence-electron chi connectivity index (χ1n) is 11.1. The number of likely N-dealkylation sites (tertiary alicyclic amines) is 1. The van der Waals surface area contributed by atoms with Crippen LogP contribution in [-0.4, -0.2) is 41.9 Å². The molecule has 0 N–H and O–H groups in total. The molecule has 2 bridgehead atoms. The molecule has 3 nitrogen and oxygen atoms in total. The van der Waals surface area contributed by atoms with Crippen LogP contribution in [0.3, 0.4) is 0 Å². The molecular weight excluding hydrogens is 344 g/mol. The molecule has 0 radical (unpaired) electrons. The van der Waals surface area contributed by atoms with Crippen LogP contribution in [0.2, 0.25) is 0 Å². The number of fused-ring (bicyclic) bond motifs is 3. The average molecular weight is 379 g/mol. The molecule has 1 aromatic carbocycles. The van der Waals surface area contributed by atoms with Gasteiger partial charge in [-0.2, -0.15) is 0 Å². The van der Waals surface area contributed by atoms with Crippen molar-refractivity contribution in [3.63, 3.8) is 0 Å². The van der Waals surface area contributed by atoms with E-state index in [0.29, 0.717) is 5.41 Å². The van der Waals surface area contributed by atoms with Gasteiger partial charge in [-0.05, 0) is 67.2 Å². The fourth-order valence-corrected chi connectivity index (χ4v) is 6.59. The van der Waals surface area contributed by atoms with Gasteiger partial charge in [0, 0.05) is 32.0 Å². The lowest BCUT2D eigenvalue weighted by atomic mass is 9.49. The Morgan fingerprint density at radius 2 is 1.93 bits per heavy atom. The quantitative estimate of drug-likeness (QED) is 0.713. The van der Waals surface area contributed by atoms with Gasteiger partial charge in [-0.1, -0.05) is 49.8 Å². The molecular formula is C25H34N2O. The summed E-state index contributed by atoms with van der Waals surface area (Å²) in [6, 6.07) is 8.84. The van der Waals surface area contributed by atoms with E-state index in [9.17, 15) is 4.79 Å². The van der Waals surface area contributed by atoms with Gasteiger partial charge >= 0.3 is 0 Å². The summed E-state index contributed by atoms with van der Waals surface area (Å²) in [6.45, 7) is 11.8. The molecule has 1 saturated carbocycles. The maximum atomic E-state index is 12.2. The highest BCUT2D eigenvalue weighted by Crippen LogP contribution is 2.59. The van der Waals surface area contributed by atoms with Gasteiger partial charge in [-0.25, -0.2) is 0 Å². The largest absolute Gasteiger partial charge is 0.338 e. The van der Waals surface area contributed by atoms with E-state index in [1.54, 1.807) is 12.5 Å². The van der Waals surface area contributed by atoms with Crippen molar-refractivity contribution in [1.29, 1.82) is 0 Å². The summed E-state index contributed by atoms with van der Waals surface area (Å²) < 4.78 is 0. The Labute approximate surface area is 169 Å². The monoisotopic (exact) mass is 378 g/mol. The number of rotatable bonds is 2. The van der Waals surface area contributed by atoms with Crippen LogP contribution in [0.1, 0.15) is 57.6 Å². The van der Waals surface area contributed by atoms with Crippen LogP contribution in [0.5, 0.6) is 0 Å². The molecule has 1 amide bonds. The molecule has 2 heterocycles. The Hall–Kier alpha value is -1.61. The Morgan fingerprint density at radius 1 is 1.18 bits per heavy atom. The third-order valence-corrected chi connectivity index (χ3v) is 8.69. The molecule has 3 aliphatic carbocycles. The van der Waals surface area contributed by atoms with E-state index in [1.165, 1.54) is 24.0 Å². The van der Waals surface area contributed by atoms with Crippen LogP contribution in [0, 0.1) is 17.3 Å². The first-order chi connectivity index (χ1) is 13.4. The minimum Gasteiger partial charge on any atom is -0.338 e. The molecule has 1 aromatic rings. The number of piperidine rings is 1. The van der Waals surface area contributed by atoms with Gasteiger partial charge in [0.25, 0.3) is 0 Å². The Kier molecular flexibility index (Phi) is 4.24. The second kappa shape index (κ2) is 6.45. The lowest BCUT2D eigenvalue weighted by molar-refractivity contribution is -0.131. The van der Waals surface area contributed by atoms with Crippen LogP contribution in [-0.2, 0) is 16.8 Å². The van der Waals surface area contributed by atoms with E-state index in [1.807, 2.05) is 0 Å². The number of allylic oxidation sites excluding steroid dienone is 1. The highest BCUT2D eigenvalue weighted by atomic mass is 16.2. The number of hydrogen-bond acceptors (Lipinski definition) is 2. The maximum absolute atomic E-state index is 12.2. The van der Waals surface area contributed by atoms with Gasteiger partial charge in [0.15, 0.2) is 0 Å². The number of amides is 1. The Bertz CT molecular complexity index is 816. The summed E-state index contributed by atoms with van der Waals surface area (Å²) in [4.78, 5) is 16.9. The predicted octanol–water partition coefficient (Wildman–Crippen LogP) is 4.37. The van der Waals surface area contributed by atoms with E-state index in [-0.39, 0.29) is 11.3 Å². The van der Waals surface area contributed by atoms with Gasteiger partial charge in [-0.3, -0.25) is 9.69 Å². The molecule has 1 unspecified atom stereocenters. The van der Waals surface area contributed by atoms with Crippen molar-refractivity contribution in [2.75, 3.05) is 26.2 Å². The summed E-state index contributed by atoms with van der Waals surface area (Å²) in [7, 11) is 0. The summed E-state index contributed by atoms with van der Waals surface area (Å²) in [5.41, 5.74) is 5.24. The Balaban J connectivity index is 1.31. The number of carbonyl (C=O) groups excluding carboxylic acids is 1. The van der Waals surface area contributed by atoms with Crippen molar-refractivity contribution in [3.05, 3.63) is 47.0 Å². The number of carbonyl (C=O) groups is 1. The van der Waals surface area contributed by atoms with Gasteiger partial charge < -0.3 is 4.90 Å². The van der Waals surface area contributed by atoms with Crippen molar-refractivity contribution in [2.24, 2.45) is 17.3 Å². The fraction of sp³-hybridized carbons (Fsp3) is 0.640. The van der Waals surface area contributed by atoms with Crippen molar-refractivity contribution in [3.8, 4) is 0 Å². The van der Waals surface area contributed by atoms with Crippen molar-refractivity contribution in [1.82, 2.24) is 9.80 Å².